The van der Waals surface area contributed by atoms with Crippen LogP contribution in [-0.4, -0.2) is 40.9 Å². The molecule has 0 aliphatic carbocycles. The van der Waals surface area contributed by atoms with E-state index >= 15 is 0 Å². The number of allylic oxidation sites excluding steroid dienone is 1. The zero-order valence-corrected chi connectivity index (χ0v) is 8.22. The Hall–Kier alpha value is -1.03. The van der Waals surface area contributed by atoms with E-state index in [0.717, 1.165) is 19.3 Å². The maximum Gasteiger partial charge on any atom is 0.407 e. The molecule has 0 unspecified atom stereocenters. The van der Waals surface area contributed by atoms with Crippen molar-refractivity contribution in [3.63, 3.8) is 0 Å². The summed E-state index contributed by atoms with van der Waals surface area (Å²) in [6, 6.07) is 0. The Balaban J connectivity index is 2.22. The van der Waals surface area contributed by atoms with Crippen LogP contribution in [0.25, 0.3) is 0 Å². The molecule has 0 aromatic heterocycles. The minimum absolute atomic E-state index is 0.0912. The number of aliphatic hydroxyl groups excluding tert-OH is 1. The quantitative estimate of drug-likeness (QED) is 0.674. The summed E-state index contributed by atoms with van der Waals surface area (Å²) in [5, 5.41) is 17.3. The first-order chi connectivity index (χ1) is 6.74. The average Bonchev–Trinajstić information content (AvgIpc) is 2.19. The number of hydrogen-bond donors (Lipinski definition) is 2. The third-order valence-electron chi connectivity index (χ3n) is 2.63. The van der Waals surface area contributed by atoms with Gasteiger partial charge in [0, 0.05) is 13.1 Å². The molecular formula is C10H17NO3. The zero-order valence-electron chi connectivity index (χ0n) is 8.22. The Morgan fingerprint density at radius 1 is 1.36 bits per heavy atom. The molecule has 0 atom stereocenters. The van der Waals surface area contributed by atoms with E-state index in [0.29, 0.717) is 19.0 Å². The number of piperidine rings is 1. The zero-order chi connectivity index (χ0) is 10.4. The van der Waals surface area contributed by atoms with E-state index in [1.807, 2.05) is 6.08 Å². The molecule has 1 fully saturated rings. The van der Waals surface area contributed by atoms with E-state index in [1.54, 1.807) is 6.08 Å². The molecule has 0 saturated carbocycles. The number of carboxylic acid groups (broad SMARTS) is 1. The van der Waals surface area contributed by atoms with Crippen LogP contribution in [0.1, 0.15) is 19.3 Å². The second kappa shape index (κ2) is 5.65. The van der Waals surface area contributed by atoms with Crippen molar-refractivity contribution < 1.29 is 15.0 Å². The molecule has 1 rings (SSSR count). The third-order valence-corrected chi connectivity index (χ3v) is 2.63. The predicted molar refractivity (Wildman–Crippen MR) is 53.2 cm³/mol. The van der Waals surface area contributed by atoms with Crippen LogP contribution in [0, 0.1) is 5.92 Å². The first-order valence-electron chi connectivity index (χ1n) is 4.97. The Morgan fingerprint density at radius 2 is 2.00 bits per heavy atom. The fraction of sp³-hybridized carbons (Fsp3) is 0.700. The van der Waals surface area contributed by atoms with Gasteiger partial charge in [0.05, 0.1) is 6.61 Å². The molecule has 14 heavy (non-hydrogen) atoms. The van der Waals surface area contributed by atoms with Gasteiger partial charge >= 0.3 is 6.09 Å². The largest absolute Gasteiger partial charge is 0.465 e. The first-order valence-corrected chi connectivity index (χ1v) is 4.97. The van der Waals surface area contributed by atoms with Crippen LogP contribution in [-0.2, 0) is 0 Å². The van der Waals surface area contributed by atoms with E-state index in [-0.39, 0.29) is 6.61 Å². The second-order valence-electron chi connectivity index (χ2n) is 3.60. The number of aliphatic hydroxyl groups is 1. The molecule has 1 aliphatic rings. The van der Waals surface area contributed by atoms with Gasteiger partial charge in [0.2, 0.25) is 0 Å². The smallest absolute Gasteiger partial charge is 0.407 e. The fourth-order valence-corrected chi connectivity index (χ4v) is 1.72. The maximum atomic E-state index is 10.6. The predicted octanol–water partition coefficient (Wildman–Crippen LogP) is 1.31. The van der Waals surface area contributed by atoms with Gasteiger partial charge in [-0.1, -0.05) is 12.2 Å². The highest BCUT2D eigenvalue weighted by Crippen LogP contribution is 2.20. The topological polar surface area (TPSA) is 60.8 Å². The highest BCUT2D eigenvalue weighted by atomic mass is 16.4. The molecule has 1 amide bonds. The highest BCUT2D eigenvalue weighted by molar-refractivity contribution is 5.64. The molecule has 4 heteroatoms. The van der Waals surface area contributed by atoms with Crippen LogP contribution >= 0.6 is 0 Å². The monoisotopic (exact) mass is 199 g/mol. The van der Waals surface area contributed by atoms with Gasteiger partial charge in [-0.2, -0.15) is 0 Å². The van der Waals surface area contributed by atoms with E-state index in [9.17, 15) is 4.79 Å². The summed E-state index contributed by atoms with van der Waals surface area (Å²) in [5.41, 5.74) is 0. The van der Waals surface area contributed by atoms with Crippen LogP contribution < -0.4 is 0 Å². The Bertz CT molecular complexity index is 207. The molecule has 0 radical (unpaired) electrons. The number of likely N-dealkylation sites (tertiary alicyclic amines) is 1. The van der Waals surface area contributed by atoms with Crippen molar-refractivity contribution in [2.45, 2.75) is 19.3 Å². The standard InChI is InChI=1S/C10H17NO3/c12-8-2-1-3-9-4-6-11(7-5-9)10(13)14/h1-2,9,12H,3-8H2,(H,13,14)/b2-1+. The number of amides is 1. The SMILES string of the molecule is O=C(O)N1CCC(C/C=C/CO)CC1. The summed E-state index contributed by atoms with van der Waals surface area (Å²) in [7, 11) is 0. The van der Waals surface area contributed by atoms with Crippen LogP contribution in [0.15, 0.2) is 12.2 Å². The fourth-order valence-electron chi connectivity index (χ4n) is 1.72. The van der Waals surface area contributed by atoms with Gasteiger partial charge in [-0.15, -0.1) is 0 Å². The van der Waals surface area contributed by atoms with Gasteiger partial charge in [0.25, 0.3) is 0 Å². The molecule has 4 nitrogen and oxygen atoms in total. The van der Waals surface area contributed by atoms with Crippen molar-refractivity contribution in [2.75, 3.05) is 19.7 Å². The lowest BCUT2D eigenvalue weighted by Crippen LogP contribution is -2.37. The van der Waals surface area contributed by atoms with Gasteiger partial charge in [-0.25, -0.2) is 4.79 Å². The van der Waals surface area contributed by atoms with E-state index in [1.165, 1.54) is 4.90 Å². The van der Waals surface area contributed by atoms with Crippen LogP contribution in [0.4, 0.5) is 4.79 Å². The van der Waals surface area contributed by atoms with Crippen molar-refractivity contribution in [1.82, 2.24) is 4.90 Å². The van der Waals surface area contributed by atoms with Crippen LogP contribution in [0.3, 0.4) is 0 Å². The highest BCUT2D eigenvalue weighted by Gasteiger charge is 2.20. The van der Waals surface area contributed by atoms with Crippen molar-refractivity contribution in [3.8, 4) is 0 Å². The van der Waals surface area contributed by atoms with E-state index in [4.69, 9.17) is 10.2 Å². The molecule has 1 aliphatic heterocycles. The van der Waals surface area contributed by atoms with Crippen LogP contribution in [0.5, 0.6) is 0 Å². The molecule has 80 valence electrons. The number of rotatable bonds is 3. The van der Waals surface area contributed by atoms with Crippen molar-refractivity contribution in [2.24, 2.45) is 5.92 Å². The summed E-state index contributed by atoms with van der Waals surface area (Å²) in [6.07, 6.45) is 5.72. The van der Waals surface area contributed by atoms with Crippen molar-refractivity contribution >= 4 is 6.09 Å². The van der Waals surface area contributed by atoms with Gasteiger partial charge in [0.1, 0.15) is 0 Å². The van der Waals surface area contributed by atoms with E-state index < -0.39 is 6.09 Å². The lowest BCUT2D eigenvalue weighted by atomic mass is 9.94. The van der Waals surface area contributed by atoms with E-state index in [2.05, 4.69) is 0 Å². The van der Waals surface area contributed by atoms with Crippen LogP contribution in [0.2, 0.25) is 0 Å². The molecule has 1 heterocycles. The summed E-state index contributed by atoms with van der Waals surface area (Å²) < 4.78 is 0. The summed E-state index contributed by atoms with van der Waals surface area (Å²) in [5.74, 6) is 0.577. The minimum Gasteiger partial charge on any atom is -0.465 e. The Morgan fingerprint density at radius 3 is 2.50 bits per heavy atom. The Kier molecular flexibility index (Phi) is 4.46. The summed E-state index contributed by atoms with van der Waals surface area (Å²) in [6.45, 7) is 1.38. The van der Waals surface area contributed by atoms with Gasteiger partial charge in [-0.3, -0.25) is 0 Å². The molecule has 2 N–H and O–H groups in total. The molecule has 0 aromatic carbocycles. The number of hydrogen-bond acceptors (Lipinski definition) is 2. The number of nitrogens with zero attached hydrogens (tertiary/aromatic N) is 1. The molecular weight excluding hydrogens is 182 g/mol. The first kappa shape index (κ1) is 11.0. The lowest BCUT2D eigenvalue weighted by molar-refractivity contribution is 0.125. The molecule has 0 bridgehead atoms. The summed E-state index contributed by atoms with van der Waals surface area (Å²) >= 11 is 0. The minimum atomic E-state index is -0.811. The summed E-state index contributed by atoms with van der Waals surface area (Å²) in [4.78, 5) is 12.1. The van der Waals surface area contributed by atoms with Crippen molar-refractivity contribution in [3.05, 3.63) is 12.2 Å². The molecule has 0 aromatic rings. The Labute approximate surface area is 83.8 Å². The van der Waals surface area contributed by atoms with Gasteiger partial charge < -0.3 is 15.1 Å². The third kappa shape index (κ3) is 3.38. The lowest BCUT2D eigenvalue weighted by Gasteiger charge is -2.29. The van der Waals surface area contributed by atoms with Crippen molar-refractivity contribution in [1.29, 1.82) is 0 Å². The van der Waals surface area contributed by atoms with Gasteiger partial charge in [0.15, 0.2) is 0 Å². The molecule has 1 saturated heterocycles. The normalized spacial score (nSPS) is 19.1. The molecule has 0 spiro atoms. The maximum absolute atomic E-state index is 10.6. The number of carbonyl (C=O) groups is 1. The van der Waals surface area contributed by atoms with Gasteiger partial charge in [-0.05, 0) is 25.2 Å². The average molecular weight is 199 g/mol. The second-order valence-corrected chi connectivity index (χ2v) is 3.60.